The van der Waals surface area contributed by atoms with Gasteiger partial charge in [-0.25, -0.2) is 0 Å². The molecule has 1 fully saturated rings. The summed E-state index contributed by atoms with van der Waals surface area (Å²) in [4.78, 5) is 4.55. The van der Waals surface area contributed by atoms with Crippen molar-refractivity contribution in [2.45, 2.75) is 19.4 Å². The molecule has 4 heteroatoms. The maximum Gasteiger partial charge on any atom is 0.0809 e. The molecule has 3 nitrogen and oxygen atoms in total. The van der Waals surface area contributed by atoms with Crippen LogP contribution >= 0.6 is 11.3 Å². The summed E-state index contributed by atoms with van der Waals surface area (Å²) in [6.07, 6.45) is 3.15. The number of hydrogen-bond donors (Lipinski definition) is 1. The number of ether oxygens (including phenoxy) is 1. The van der Waals surface area contributed by atoms with Crippen molar-refractivity contribution in [3.8, 4) is 0 Å². The minimum absolute atomic E-state index is 0.372. The highest BCUT2D eigenvalue weighted by atomic mass is 32.1. The molecule has 0 spiro atoms. The number of aromatic nitrogens is 1. The maximum absolute atomic E-state index is 5.52. The van der Waals surface area contributed by atoms with Crippen LogP contribution in [0.1, 0.15) is 24.9 Å². The van der Waals surface area contributed by atoms with E-state index in [-0.39, 0.29) is 0 Å². The zero-order chi connectivity index (χ0) is 12.4. The third-order valence-corrected chi connectivity index (χ3v) is 4.40. The fourth-order valence-corrected chi connectivity index (χ4v) is 3.41. The monoisotopic (exact) mass is 262 g/mol. The average Bonchev–Trinajstić information content (AvgIpc) is 3.05. The van der Waals surface area contributed by atoms with E-state index in [2.05, 4.69) is 34.7 Å². The van der Waals surface area contributed by atoms with E-state index >= 15 is 0 Å². The average molecular weight is 262 g/mol. The Morgan fingerprint density at radius 1 is 1.61 bits per heavy atom. The SMILES string of the molecule is CCNC(c1cnc2ccsc2c1)C1CCOC1. The minimum atomic E-state index is 0.372. The van der Waals surface area contributed by atoms with Crippen molar-refractivity contribution in [2.24, 2.45) is 5.92 Å². The van der Waals surface area contributed by atoms with Crippen molar-refractivity contribution in [1.82, 2.24) is 10.3 Å². The molecule has 0 saturated carbocycles. The van der Waals surface area contributed by atoms with Crippen LogP contribution in [0, 0.1) is 5.92 Å². The molecule has 0 amide bonds. The number of pyridine rings is 1. The zero-order valence-corrected chi connectivity index (χ0v) is 11.4. The van der Waals surface area contributed by atoms with Crippen LogP contribution in [-0.4, -0.2) is 24.7 Å². The standard InChI is InChI=1S/C14H18N2OS/c1-2-15-14(10-3-5-17-9-10)11-7-13-12(16-8-11)4-6-18-13/h4,6-8,10,14-15H,2-3,5,9H2,1H3. The van der Waals surface area contributed by atoms with Gasteiger partial charge in [0.25, 0.3) is 0 Å². The van der Waals surface area contributed by atoms with Gasteiger partial charge in [-0.15, -0.1) is 11.3 Å². The quantitative estimate of drug-likeness (QED) is 0.919. The van der Waals surface area contributed by atoms with Gasteiger partial charge in [0.15, 0.2) is 0 Å². The van der Waals surface area contributed by atoms with Crippen molar-refractivity contribution in [1.29, 1.82) is 0 Å². The molecule has 3 heterocycles. The van der Waals surface area contributed by atoms with Crippen molar-refractivity contribution < 1.29 is 4.74 Å². The van der Waals surface area contributed by atoms with Gasteiger partial charge >= 0.3 is 0 Å². The summed E-state index contributed by atoms with van der Waals surface area (Å²) in [7, 11) is 0. The lowest BCUT2D eigenvalue weighted by Gasteiger charge is -2.23. The van der Waals surface area contributed by atoms with Crippen LogP contribution in [-0.2, 0) is 4.74 Å². The second kappa shape index (κ2) is 5.34. The van der Waals surface area contributed by atoms with Gasteiger partial charge < -0.3 is 10.1 Å². The van der Waals surface area contributed by atoms with E-state index in [0.29, 0.717) is 12.0 Å². The molecule has 18 heavy (non-hydrogen) atoms. The van der Waals surface area contributed by atoms with Gasteiger partial charge in [0.2, 0.25) is 0 Å². The highest BCUT2D eigenvalue weighted by molar-refractivity contribution is 7.17. The third-order valence-electron chi connectivity index (χ3n) is 3.54. The lowest BCUT2D eigenvalue weighted by atomic mass is 9.93. The fourth-order valence-electron chi connectivity index (χ4n) is 2.62. The molecule has 0 aliphatic carbocycles. The van der Waals surface area contributed by atoms with E-state index in [0.717, 1.165) is 31.7 Å². The molecule has 2 atom stereocenters. The lowest BCUT2D eigenvalue weighted by molar-refractivity contribution is 0.177. The molecule has 2 aromatic heterocycles. The second-order valence-electron chi connectivity index (χ2n) is 4.73. The van der Waals surface area contributed by atoms with E-state index in [1.807, 2.05) is 6.20 Å². The van der Waals surface area contributed by atoms with E-state index in [9.17, 15) is 0 Å². The Kier molecular flexibility index (Phi) is 3.59. The summed E-state index contributed by atoms with van der Waals surface area (Å²) in [5.41, 5.74) is 2.39. The van der Waals surface area contributed by atoms with Gasteiger partial charge in [-0.05, 0) is 36.0 Å². The summed E-state index contributed by atoms with van der Waals surface area (Å²) >= 11 is 1.76. The first kappa shape index (κ1) is 12.1. The van der Waals surface area contributed by atoms with Crippen LogP contribution in [0.4, 0.5) is 0 Å². The van der Waals surface area contributed by atoms with Gasteiger partial charge in [-0.3, -0.25) is 4.98 Å². The van der Waals surface area contributed by atoms with E-state index in [4.69, 9.17) is 4.74 Å². The highest BCUT2D eigenvalue weighted by Crippen LogP contribution is 2.30. The lowest BCUT2D eigenvalue weighted by Crippen LogP contribution is -2.28. The molecule has 2 unspecified atom stereocenters. The summed E-state index contributed by atoms with van der Waals surface area (Å²) in [6, 6.07) is 4.72. The number of nitrogens with zero attached hydrogens (tertiary/aromatic N) is 1. The first-order valence-electron chi connectivity index (χ1n) is 6.52. The summed E-state index contributed by atoms with van der Waals surface area (Å²) in [5, 5.41) is 5.68. The van der Waals surface area contributed by atoms with E-state index < -0.39 is 0 Å². The van der Waals surface area contributed by atoms with Crippen molar-refractivity contribution in [3.05, 3.63) is 29.3 Å². The van der Waals surface area contributed by atoms with Crippen molar-refractivity contribution >= 4 is 21.6 Å². The fraction of sp³-hybridized carbons (Fsp3) is 0.500. The van der Waals surface area contributed by atoms with Gasteiger partial charge in [-0.1, -0.05) is 6.92 Å². The molecule has 0 radical (unpaired) electrons. The number of nitrogens with one attached hydrogen (secondary N) is 1. The van der Waals surface area contributed by atoms with Crippen LogP contribution in [0.3, 0.4) is 0 Å². The molecular formula is C14H18N2OS. The largest absolute Gasteiger partial charge is 0.381 e. The third kappa shape index (κ3) is 2.28. The van der Waals surface area contributed by atoms with E-state index in [1.54, 1.807) is 11.3 Å². The first-order valence-corrected chi connectivity index (χ1v) is 7.40. The van der Waals surface area contributed by atoms with Crippen LogP contribution in [0.15, 0.2) is 23.7 Å². The highest BCUT2D eigenvalue weighted by Gasteiger charge is 2.26. The smallest absolute Gasteiger partial charge is 0.0809 e. The van der Waals surface area contributed by atoms with Crippen LogP contribution in [0.2, 0.25) is 0 Å². The number of hydrogen-bond acceptors (Lipinski definition) is 4. The van der Waals surface area contributed by atoms with Gasteiger partial charge in [0.05, 0.1) is 16.8 Å². The summed E-state index contributed by atoms with van der Waals surface area (Å²) in [5.74, 6) is 0.573. The van der Waals surface area contributed by atoms with Crippen LogP contribution < -0.4 is 5.32 Å². The zero-order valence-electron chi connectivity index (χ0n) is 10.6. The Balaban J connectivity index is 1.92. The molecule has 1 saturated heterocycles. The van der Waals surface area contributed by atoms with Crippen molar-refractivity contribution in [3.63, 3.8) is 0 Å². The normalized spacial score (nSPS) is 21.5. The first-order chi connectivity index (χ1) is 8.88. The molecule has 0 aromatic carbocycles. The number of fused-ring (bicyclic) bond motifs is 1. The Bertz CT molecular complexity index is 519. The maximum atomic E-state index is 5.52. The van der Waals surface area contributed by atoms with Gasteiger partial charge in [0, 0.05) is 24.8 Å². The predicted molar refractivity (Wildman–Crippen MR) is 75.0 cm³/mol. The molecular weight excluding hydrogens is 244 g/mol. The van der Waals surface area contributed by atoms with Gasteiger partial charge in [0.1, 0.15) is 0 Å². The molecule has 1 aliphatic heterocycles. The summed E-state index contributed by atoms with van der Waals surface area (Å²) < 4.78 is 6.79. The van der Waals surface area contributed by atoms with Crippen LogP contribution in [0.25, 0.3) is 10.2 Å². The molecule has 2 aromatic rings. The molecule has 0 bridgehead atoms. The van der Waals surface area contributed by atoms with Crippen molar-refractivity contribution in [2.75, 3.05) is 19.8 Å². The van der Waals surface area contributed by atoms with E-state index in [1.165, 1.54) is 10.3 Å². The topological polar surface area (TPSA) is 34.2 Å². The number of thiophene rings is 1. The molecule has 3 rings (SSSR count). The summed E-state index contributed by atoms with van der Waals surface area (Å²) in [6.45, 7) is 4.88. The molecule has 1 aliphatic rings. The molecule has 96 valence electrons. The Morgan fingerprint density at radius 3 is 3.33 bits per heavy atom. The Hall–Kier alpha value is -0.970. The van der Waals surface area contributed by atoms with Crippen LogP contribution in [0.5, 0.6) is 0 Å². The predicted octanol–water partition coefficient (Wildman–Crippen LogP) is 2.98. The molecule has 1 N–H and O–H groups in total. The number of rotatable bonds is 4. The van der Waals surface area contributed by atoms with Gasteiger partial charge in [-0.2, -0.15) is 0 Å². The minimum Gasteiger partial charge on any atom is -0.381 e. The Labute approximate surface area is 111 Å². The second-order valence-corrected chi connectivity index (χ2v) is 5.68. The Morgan fingerprint density at radius 2 is 2.56 bits per heavy atom.